The molecule has 0 unspecified atom stereocenters. The summed E-state index contributed by atoms with van der Waals surface area (Å²) in [4.78, 5) is 168. The van der Waals surface area contributed by atoms with E-state index >= 15 is 0 Å². The number of nitrogens with one attached hydrogen (secondary N) is 8. The molecule has 0 spiro atoms. The van der Waals surface area contributed by atoms with Crippen LogP contribution in [0.15, 0.2) is 53.5 Å². The summed E-state index contributed by atoms with van der Waals surface area (Å²) in [7, 11) is 0. The van der Waals surface area contributed by atoms with E-state index in [4.69, 9.17) is 28.7 Å². The van der Waals surface area contributed by atoms with Gasteiger partial charge in [-0.2, -0.15) is 0 Å². The SMILES string of the molecule is CC[C@H](C)[C@H](NC(=O)[C@H](Cc1ccc(O)cc1)NC(=O)[C@@H](NC(=O)[C@@H](NC(=O)[C@@H]1CCCN1C(=O)[C@H](CC(N)=O)NC(=O)[C@H](CCC(N)=O)NC(=O)[C@H](Cc1ccc(O)cc1)NC(=O)[C@H](CC(C)C)NC(=O)[C@@H](N)CCCN=C(N)N)[C@@H](C)O)[C@@H](C)O)C(=O)O. The number of carboxylic acid groups (broad SMARTS) is 1. The number of nitrogens with zero attached hydrogens (tertiary/aromatic N) is 2. The number of phenols is 2. The number of phenolic OH excluding ortho intramolecular Hbond substituents is 2. The molecule has 2 aromatic rings. The summed E-state index contributed by atoms with van der Waals surface area (Å²) in [5.74, 6) is -13.7. The molecule has 1 aliphatic rings. The first-order valence-corrected chi connectivity index (χ1v) is 29.5. The third-order valence-corrected chi connectivity index (χ3v) is 14.7. The highest BCUT2D eigenvalue weighted by Gasteiger charge is 2.42. The van der Waals surface area contributed by atoms with Gasteiger partial charge in [-0.15, -0.1) is 0 Å². The van der Waals surface area contributed by atoms with E-state index < -0.39 is 169 Å². The Morgan fingerprint density at radius 1 is 0.578 bits per heavy atom. The number of benzene rings is 2. The van der Waals surface area contributed by atoms with Crippen LogP contribution in [-0.2, 0) is 70.4 Å². The minimum absolute atomic E-state index is 0.0696. The minimum atomic E-state index is -1.90. The van der Waals surface area contributed by atoms with Crippen LogP contribution in [0.25, 0.3) is 0 Å². The number of aliphatic hydroxyl groups is 2. The van der Waals surface area contributed by atoms with Crippen molar-refractivity contribution < 1.29 is 83.1 Å². The Balaban J connectivity index is 1.89. The van der Waals surface area contributed by atoms with Crippen LogP contribution in [0, 0.1) is 11.8 Å². The number of aliphatic hydroxyl groups excluding tert-OH is 2. The summed E-state index contributed by atoms with van der Waals surface area (Å²) in [5.41, 5.74) is 28.7. The van der Waals surface area contributed by atoms with Crippen molar-refractivity contribution in [1.29, 1.82) is 0 Å². The number of hydrogen-bond acceptors (Lipinski definition) is 18. The Kier molecular flexibility index (Phi) is 30.3. The van der Waals surface area contributed by atoms with Crippen LogP contribution in [0.3, 0.4) is 0 Å². The number of carbonyl (C=O) groups excluding carboxylic acids is 11. The standard InChI is InChI=1S/C58H89N15O17/c1-7-29(4)45(57(89)90)70-52(84)40(26-33-14-18-35(77)19-15-33)68-54(86)46(30(5)74)72-55(87)47(31(6)75)71-53(85)42-11-9-23-73(42)56(88)41(27-44(61)79)69-49(81)37(20-21-43(60)78)65-51(83)39(25-32-12-16-34(76)17-13-32)67-50(82)38(24-28(2)3)66-48(80)36(59)10-8-22-64-58(62)63/h12-19,28-31,36-42,45-47,74-77H,7-11,20-27,59H2,1-6H3,(H2,60,78)(H2,61,79)(H,65,83)(H,66,80)(H,67,82)(H,68,86)(H,69,81)(H,70,84)(H,71,85)(H,72,87)(H,89,90)(H4,62,63,64)/t29-,30+,31+,36-,37-,38-,39-,40-,41-,42-,45-,46-,47-/m0/s1. The quantitative estimate of drug-likeness (QED) is 0.0171. The zero-order chi connectivity index (χ0) is 67.7. The molecule has 23 N–H and O–H groups in total. The second-order valence-electron chi connectivity index (χ2n) is 22.8. The fraction of sp³-hybridized carbons (Fsp3) is 0.569. The van der Waals surface area contributed by atoms with Gasteiger partial charge < -0.3 is 102 Å². The monoisotopic (exact) mass is 1270 g/mol. The van der Waals surface area contributed by atoms with Crippen LogP contribution < -0.4 is 71.2 Å². The number of rotatable bonds is 37. The van der Waals surface area contributed by atoms with Crippen molar-refractivity contribution >= 4 is 76.9 Å². The Morgan fingerprint density at radius 3 is 1.52 bits per heavy atom. The molecule has 32 heteroatoms. The lowest BCUT2D eigenvalue weighted by molar-refractivity contribution is -0.144. The third kappa shape index (κ3) is 24.8. The number of carbonyl (C=O) groups is 12. The molecule has 0 aliphatic carbocycles. The van der Waals surface area contributed by atoms with E-state index in [0.717, 1.165) is 18.7 Å². The highest BCUT2D eigenvalue weighted by atomic mass is 16.4. The van der Waals surface area contributed by atoms with Crippen LogP contribution in [0.2, 0.25) is 0 Å². The number of amides is 11. The molecule has 498 valence electrons. The molecular formula is C58H89N15O17. The molecule has 1 heterocycles. The van der Waals surface area contributed by atoms with E-state index in [0.29, 0.717) is 24.0 Å². The maximum atomic E-state index is 14.5. The summed E-state index contributed by atoms with van der Waals surface area (Å²) in [6.45, 7) is 9.07. The van der Waals surface area contributed by atoms with Crippen LogP contribution >= 0.6 is 0 Å². The first kappa shape index (κ1) is 75.1. The van der Waals surface area contributed by atoms with Crippen LogP contribution in [0.4, 0.5) is 0 Å². The lowest BCUT2D eigenvalue weighted by Crippen LogP contribution is -2.63. The second-order valence-corrected chi connectivity index (χ2v) is 22.8. The zero-order valence-corrected chi connectivity index (χ0v) is 51.3. The lowest BCUT2D eigenvalue weighted by Gasteiger charge is -2.31. The Bertz CT molecular complexity index is 2850. The van der Waals surface area contributed by atoms with E-state index in [1.165, 1.54) is 48.5 Å². The van der Waals surface area contributed by atoms with Crippen molar-refractivity contribution in [2.75, 3.05) is 13.1 Å². The maximum Gasteiger partial charge on any atom is 0.326 e. The Morgan fingerprint density at radius 2 is 1.03 bits per heavy atom. The van der Waals surface area contributed by atoms with E-state index in [1.807, 2.05) is 0 Å². The van der Waals surface area contributed by atoms with Crippen molar-refractivity contribution in [1.82, 2.24) is 47.4 Å². The van der Waals surface area contributed by atoms with Crippen LogP contribution in [-0.4, -0.2) is 193 Å². The third-order valence-electron chi connectivity index (χ3n) is 14.7. The summed E-state index contributed by atoms with van der Waals surface area (Å²) in [5, 5.41) is 70.9. The second kappa shape index (κ2) is 36.3. The molecule has 1 fully saturated rings. The Labute approximate surface area is 520 Å². The van der Waals surface area contributed by atoms with E-state index in [-0.39, 0.29) is 75.0 Å². The number of nitrogens with two attached hydrogens (primary N) is 5. The number of hydrogen-bond donors (Lipinski definition) is 18. The molecule has 0 bridgehead atoms. The Hall–Kier alpha value is -9.17. The zero-order valence-electron chi connectivity index (χ0n) is 51.3. The van der Waals surface area contributed by atoms with Gasteiger partial charge in [0, 0.05) is 32.4 Å². The van der Waals surface area contributed by atoms with Crippen molar-refractivity contribution in [3.05, 3.63) is 59.7 Å². The van der Waals surface area contributed by atoms with Crippen molar-refractivity contribution in [3.63, 3.8) is 0 Å². The topological polar surface area (TPSA) is 548 Å². The summed E-state index contributed by atoms with van der Waals surface area (Å²) < 4.78 is 0. The number of aliphatic imine (C=N–C) groups is 1. The van der Waals surface area contributed by atoms with E-state index in [1.54, 1.807) is 27.7 Å². The first-order chi connectivity index (χ1) is 42.2. The first-order valence-electron chi connectivity index (χ1n) is 29.5. The van der Waals surface area contributed by atoms with Gasteiger partial charge >= 0.3 is 5.97 Å². The fourth-order valence-corrected chi connectivity index (χ4v) is 9.56. The van der Waals surface area contributed by atoms with Gasteiger partial charge in [0.25, 0.3) is 0 Å². The van der Waals surface area contributed by atoms with Crippen molar-refractivity contribution in [2.45, 2.75) is 185 Å². The average Bonchev–Trinajstić information content (AvgIpc) is 1.67. The van der Waals surface area contributed by atoms with E-state index in [2.05, 4.69) is 47.5 Å². The lowest BCUT2D eigenvalue weighted by atomic mass is 9.98. The normalized spacial score (nSPS) is 16.9. The summed E-state index contributed by atoms with van der Waals surface area (Å²) in [6, 6.07) is -4.56. The molecule has 11 amide bonds. The molecule has 1 saturated heterocycles. The molecule has 32 nitrogen and oxygen atoms in total. The molecule has 0 aromatic heterocycles. The highest BCUT2D eigenvalue weighted by molar-refractivity contribution is 6.00. The number of guanidine groups is 1. The number of aromatic hydroxyl groups is 2. The highest BCUT2D eigenvalue weighted by Crippen LogP contribution is 2.21. The maximum absolute atomic E-state index is 14.5. The van der Waals surface area contributed by atoms with Gasteiger partial charge in [-0.1, -0.05) is 58.4 Å². The average molecular weight is 1270 g/mol. The molecule has 13 atom stereocenters. The number of carboxylic acids is 1. The van der Waals surface area contributed by atoms with Gasteiger partial charge in [0.1, 0.15) is 65.9 Å². The molecule has 2 aromatic carbocycles. The largest absolute Gasteiger partial charge is 0.508 e. The number of primary amides is 2. The predicted octanol–water partition coefficient (Wildman–Crippen LogP) is -4.79. The molecule has 90 heavy (non-hydrogen) atoms. The van der Waals surface area contributed by atoms with Gasteiger partial charge in [-0.25, -0.2) is 4.79 Å². The number of likely N-dealkylation sites (tertiary alicyclic amines) is 1. The predicted molar refractivity (Wildman–Crippen MR) is 324 cm³/mol. The molecule has 0 saturated carbocycles. The van der Waals surface area contributed by atoms with Crippen LogP contribution in [0.5, 0.6) is 11.5 Å². The molecule has 0 radical (unpaired) electrons. The van der Waals surface area contributed by atoms with Gasteiger partial charge in [0.15, 0.2) is 5.96 Å². The smallest absolute Gasteiger partial charge is 0.326 e. The molecule has 3 rings (SSSR count). The van der Waals surface area contributed by atoms with Crippen LogP contribution in [0.1, 0.15) is 110 Å². The molecule has 1 aliphatic heterocycles. The van der Waals surface area contributed by atoms with Gasteiger partial charge in [0.2, 0.25) is 65.0 Å². The minimum Gasteiger partial charge on any atom is -0.508 e. The fourth-order valence-electron chi connectivity index (χ4n) is 9.56. The van der Waals surface area contributed by atoms with Crippen molar-refractivity contribution in [3.8, 4) is 11.5 Å². The van der Waals surface area contributed by atoms with Gasteiger partial charge in [-0.05, 0) is 99.6 Å². The summed E-state index contributed by atoms with van der Waals surface area (Å²) >= 11 is 0. The summed E-state index contributed by atoms with van der Waals surface area (Å²) in [6.07, 6.45) is -4.94. The van der Waals surface area contributed by atoms with Gasteiger partial charge in [-0.3, -0.25) is 57.7 Å². The van der Waals surface area contributed by atoms with Crippen molar-refractivity contribution in [2.24, 2.45) is 45.5 Å². The van der Waals surface area contributed by atoms with Gasteiger partial charge in [0.05, 0.1) is 24.7 Å². The molecular weight excluding hydrogens is 1180 g/mol. The number of aliphatic carboxylic acids is 1. The van der Waals surface area contributed by atoms with E-state index in [9.17, 15) is 83.1 Å².